The van der Waals surface area contributed by atoms with Gasteiger partial charge in [-0.1, -0.05) is 0 Å². The number of anilines is 2. The Morgan fingerprint density at radius 3 is 2.24 bits per heavy atom. The highest BCUT2D eigenvalue weighted by atomic mass is 79.9. The number of primary amides is 2. The minimum atomic E-state index is -0.586. The molecule has 1 aromatic heterocycles. The number of carbonyl (C=O) groups excluding carboxylic acids is 2. The SMILES string of the molecule is NC(=O)CN(CC(N)=O)c1ncc(N)cc1Br. The van der Waals surface area contributed by atoms with E-state index in [1.54, 1.807) is 6.07 Å². The van der Waals surface area contributed by atoms with Crippen molar-refractivity contribution in [2.75, 3.05) is 23.7 Å². The average Bonchev–Trinajstić information content (AvgIpc) is 2.14. The number of rotatable bonds is 5. The van der Waals surface area contributed by atoms with Crippen LogP contribution in [-0.2, 0) is 9.59 Å². The number of hydrogen-bond acceptors (Lipinski definition) is 5. The molecular weight excluding hydrogens is 290 g/mol. The molecule has 0 aromatic carbocycles. The van der Waals surface area contributed by atoms with Crippen LogP contribution in [0.1, 0.15) is 0 Å². The molecule has 0 aliphatic heterocycles. The van der Waals surface area contributed by atoms with E-state index in [1.807, 2.05) is 0 Å². The van der Waals surface area contributed by atoms with E-state index in [9.17, 15) is 9.59 Å². The molecule has 92 valence electrons. The number of nitrogens with two attached hydrogens (primary N) is 3. The Hall–Kier alpha value is -1.83. The van der Waals surface area contributed by atoms with Crippen LogP contribution in [0.3, 0.4) is 0 Å². The summed E-state index contributed by atoms with van der Waals surface area (Å²) in [7, 11) is 0. The number of hydrogen-bond donors (Lipinski definition) is 3. The molecule has 0 radical (unpaired) electrons. The van der Waals surface area contributed by atoms with Gasteiger partial charge in [0.2, 0.25) is 11.8 Å². The molecule has 0 saturated carbocycles. The summed E-state index contributed by atoms with van der Waals surface area (Å²) in [5, 5.41) is 0. The van der Waals surface area contributed by atoms with Crippen molar-refractivity contribution in [2.45, 2.75) is 0 Å². The molecule has 8 heteroatoms. The van der Waals surface area contributed by atoms with Crippen molar-refractivity contribution in [2.24, 2.45) is 11.5 Å². The first kappa shape index (κ1) is 13.2. The Morgan fingerprint density at radius 1 is 1.29 bits per heavy atom. The van der Waals surface area contributed by atoms with Crippen molar-refractivity contribution < 1.29 is 9.59 Å². The van der Waals surface area contributed by atoms with Crippen molar-refractivity contribution in [3.8, 4) is 0 Å². The second-order valence-corrected chi connectivity index (χ2v) is 4.22. The smallest absolute Gasteiger partial charge is 0.237 e. The summed E-state index contributed by atoms with van der Waals surface area (Å²) in [5.41, 5.74) is 16.2. The minimum Gasteiger partial charge on any atom is -0.397 e. The molecule has 0 atom stereocenters. The number of halogens is 1. The summed E-state index contributed by atoms with van der Waals surface area (Å²) in [6, 6.07) is 1.61. The van der Waals surface area contributed by atoms with Gasteiger partial charge in [-0.25, -0.2) is 4.98 Å². The van der Waals surface area contributed by atoms with Crippen molar-refractivity contribution >= 4 is 39.2 Å². The van der Waals surface area contributed by atoms with Gasteiger partial charge in [-0.05, 0) is 22.0 Å². The van der Waals surface area contributed by atoms with Gasteiger partial charge in [0, 0.05) is 0 Å². The zero-order valence-electron chi connectivity index (χ0n) is 8.89. The van der Waals surface area contributed by atoms with Gasteiger partial charge >= 0.3 is 0 Å². The molecule has 17 heavy (non-hydrogen) atoms. The summed E-state index contributed by atoms with van der Waals surface area (Å²) >= 11 is 3.24. The second-order valence-electron chi connectivity index (χ2n) is 3.36. The van der Waals surface area contributed by atoms with Gasteiger partial charge in [0.25, 0.3) is 0 Å². The molecule has 1 aromatic rings. The molecule has 0 fully saturated rings. The van der Waals surface area contributed by atoms with Crippen LogP contribution in [0.2, 0.25) is 0 Å². The second kappa shape index (κ2) is 5.48. The summed E-state index contributed by atoms with van der Waals surface area (Å²) in [5.74, 6) is -0.787. The quantitative estimate of drug-likeness (QED) is 0.656. The van der Waals surface area contributed by atoms with Crippen LogP contribution in [0.15, 0.2) is 16.7 Å². The molecule has 1 rings (SSSR count). The van der Waals surface area contributed by atoms with Gasteiger partial charge in [-0.3, -0.25) is 9.59 Å². The lowest BCUT2D eigenvalue weighted by atomic mass is 10.3. The molecule has 0 aliphatic carbocycles. The first-order chi connectivity index (χ1) is 7.90. The Labute approximate surface area is 106 Å². The van der Waals surface area contributed by atoms with E-state index in [4.69, 9.17) is 17.2 Å². The van der Waals surface area contributed by atoms with Crippen LogP contribution in [0.25, 0.3) is 0 Å². The highest BCUT2D eigenvalue weighted by Crippen LogP contribution is 2.25. The van der Waals surface area contributed by atoms with E-state index in [1.165, 1.54) is 11.1 Å². The summed E-state index contributed by atoms with van der Waals surface area (Å²) in [6.07, 6.45) is 1.41. The summed E-state index contributed by atoms with van der Waals surface area (Å²) in [4.78, 5) is 27.2. The van der Waals surface area contributed by atoms with Gasteiger partial charge in [-0.15, -0.1) is 0 Å². The summed E-state index contributed by atoms with van der Waals surface area (Å²) in [6.45, 7) is -0.309. The zero-order valence-corrected chi connectivity index (χ0v) is 10.5. The average molecular weight is 302 g/mol. The van der Waals surface area contributed by atoms with E-state index in [-0.39, 0.29) is 13.1 Å². The number of nitrogen functional groups attached to an aromatic ring is 1. The number of amides is 2. The largest absolute Gasteiger partial charge is 0.397 e. The molecule has 2 amide bonds. The number of carbonyl (C=O) groups is 2. The Balaban J connectivity index is 3.02. The first-order valence-corrected chi connectivity index (χ1v) is 5.42. The van der Waals surface area contributed by atoms with Crippen molar-refractivity contribution in [1.82, 2.24) is 4.98 Å². The zero-order chi connectivity index (χ0) is 13.0. The van der Waals surface area contributed by atoms with Gasteiger partial charge in [0.1, 0.15) is 5.82 Å². The highest BCUT2D eigenvalue weighted by Gasteiger charge is 2.16. The Morgan fingerprint density at radius 2 is 1.82 bits per heavy atom. The lowest BCUT2D eigenvalue weighted by molar-refractivity contribution is -0.117. The van der Waals surface area contributed by atoms with Crippen LogP contribution in [0.4, 0.5) is 11.5 Å². The topological polar surface area (TPSA) is 128 Å². The van der Waals surface area contributed by atoms with Crippen molar-refractivity contribution in [3.63, 3.8) is 0 Å². The highest BCUT2D eigenvalue weighted by molar-refractivity contribution is 9.10. The maximum atomic E-state index is 10.9. The van der Waals surface area contributed by atoms with Crippen LogP contribution in [0.5, 0.6) is 0 Å². The number of aromatic nitrogens is 1. The predicted octanol–water partition coefficient (Wildman–Crippen LogP) is -0.797. The normalized spacial score (nSPS) is 9.94. The molecule has 0 aliphatic rings. The van der Waals surface area contributed by atoms with Crippen LogP contribution in [-0.4, -0.2) is 29.9 Å². The van der Waals surface area contributed by atoms with Gasteiger partial charge in [0.15, 0.2) is 0 Å². The fourth-order valence-electron chi connectivity index (χ4n) is 1.26. The van der Waals surface area contributed by atoms with E-state index in [0.717, 1.165) is 0 Å². The molecule has 1 heterocycles. The molecule has 6 N–H and O–H groups in total. The maximum absolute atomic E-state index is 10.9. The molecule has 0 spiro atoms. The first-order valence-electron chi connectivity index (χ1n) is 4.62. The van der Waals surface area contributed by atoms with Crippen LogP contribution >= 0.6 is 15.9 Å². The van der Waals surface area contributed by atoms with Crippen molar-refractivity contribution in [1.29, 1.82) is 0 Å². The van der Waals surface area contributed by atoms with Crippen LogP contribution in [0, 0.1) is 0 Å². The van der Waals surface area contributed by atoms with Gasteiger partial charge in [-0.2, -0.15) is 0 Å². The fraction of sp³-hybridized carbons (Fsp3) is 0.222. The molecule has 0 saturated heterocycles. The van der Waals surface area contributed by atoms with E-state index in [0.29, 0.717) is 16.0 Å². The minimum absolute atomic E-state index is 0.154. The van der Waals surface area contributed by atoms with Crippen LogP contribution < -0.4 is 22.1 Å². The van der Waals surface area contributed by atoms with Crippen molar-refractivity contribution in [3.05, 3.63) is 16.7 Å². The summed E-state index contributed by atoms with van der Waals surface area (Å²) < 4.78 is 0.556. The van der Waals surface area contributed by atoms with E-state index >= 15 is 0 Å². The monoisotopic (exact) mass is 301 g/mol. The third-order valence-corrected chi connectivity index (χ3v) is 2.42. The Bertz CT molecular complexity index is 435. The number of pyridine rings is 1. The maximum Gasteiger partial charge on any atom is 0.237 e. The lowest BCUT2D eigenvalue weighted by Crippen LogP contribution is -2.40. The van der Waals surface area contributed by atoms with Gasteiger partial charge in [0.05, 0.1) is 29.4 Å². The van der Waals surface area contributed by atoms with Gasteiger partial charge < -0.3 is 22.1 Å². The number of nitrogens with zero attached hydrogens (tertiary/aromatic N) is 2. The predicted molar refractivity (Wildman–Crippen MR) is 67.0 cm³/mol. The van der Waals surface area contributed by atoms with E-state index in [2.05, 4.69) is 20.9 Å². The molecule has 7 nitrogen and oxygen atoms in total. The van der Waals surface area contributed by atoms with E-state index < -0.39 is 11.8 Å². The standard InChI is InChI=1S/C9H12BrN5O2/c10-6-1-5(11)2-14-9(6)15(3-7(12)16)4-8(13)17/h1-2H,3-4,11H2,(H2,12,16)(H2,13,17). The third kappa shape index (κ3) is 3.91. The molecule has 0 unspecified atom stereocenters. The molecular formula is C9H12BrN5O2. The fourth-order valence-corrected chi connectivity index (χ4v) is 1.88. The lowest BCUT2D eigenvalue weighted by Gasteiger charge is -2.21. The third-order valence-electron chi connectivity index (χ3n) is 1.84. The molecule has 0 bridgehead atoms. The Kier molecular flexibility index (Phi) is 4.27.